The molecule has 1 saturated heterocycles. The molecule has 0 radical (unpaired) electrons. The van der Waals surface area contributed by atoms with Crippen LogP contribution in [-0.2, 0) is 4.74 Å². The summed E-state index contributed by atoms with van der Waals surface area (Å²) >= 11 is 10.8. The van der Waals surface area contributed by atoms with Crippen LogP contribution in [-0.4, -0.2) is 21.5 Å². The lowest BCUT2D eigenvalue weighted by Crippen LogP contribution is -2.29. The molecule has 76 valence electrons. The fourth-order valence-corrected chi connectivity index (χ4v) is 1.86. The predicted molar refractivity (Wildman–Crippen MR) is 55.1 cm³/mol. The molecule has 1 fully saturated rings. The molecule has 1 N–H and O–H groups in total. The smallest absolute Gasteiger partial charge is 0.328 e. The average Bonchev–Trinajstić information content (AvgIpc) is 2.52. The van der Waals surface area contributed by atoms with Crippen molar-refractivity contribution in [2.45, 2.75) is 18.0 Å². The van der Waals surface area contributed by atoms with Crippen molar-refractivity contribution in [3.05, 3.63) is 27.4 Å². The zero-order chi connectivity index (χ0) is 10.1. The molecule has 0 bridgehead atoms. The lowest BCUT2D eigenvalue weighted by Gasteiger charge is -2.15. The minimum absolute atomic E-state index is 0.155. The van der Waals surface area contributed by atoms with E-state index < -0.39 is 0 Å². The van der Waals surface area contributed by atoms with Crippen molar-refractivity contribution in [2.24, 2.45) is 0 Å². The largest absolute Gasteiger partial charge is 0.356 e. The third-order valence-corrected chi connectivity index (χ3v) is 2.79. The van der Waals surface area contributed by atoms with Gasteiger partial charge in [-0.3, -0.25) is 9.55 Å². The van der Waals surface area contributed by atoms with Crippen molar-refractivity contribution in [2.75, 3.05) is 6.61 Å². The van der Waals surface area contributed by atoms with E-state index in [1.807, 2.05) is 0 Å². The van der Waals surface area contributed by atoms with Crippen molar-refractivity contribution < 1.29 is 4.74 Å². The van der Waals surface area contributed by atoms with Gasteiger partial charge < -0.3 is 4.74 Å². The van der Waals surface area contributed by atoms with E-state index in [0.717, 1.165) is 6.42 Å². The van der Waals surface area contributed by atoms with Crippen molar-refractivity contribution in [1.29, 1.82) is 0 Å². The van der Waals surface area contributed by atoms with Crippen LogP contribution in [0.25, 0.3) is 0 Å². The molecule has 2 heterocycles. The Morgan fingerprint density at radius 2 is 2.50 bits per heavy atom. The Morgan fingerprint density at radius 1 is 1.71 bits per heavy atom. The second kappa shape index (κ2) is 3.84. The summed E-state index contributed by atoms with van der Waals surface area (Å²) in [5.74, 6) is 0. The van der Waals surface area contributed by atoms with Gasteiger partial charge in [0.2, 0.25) is 0 Å². The summed E-state index contributed by atoms with van der Waals surface area (Å²) in [7, 11) is 0. The summed E-state index contributed by atoms with van der Waals surface area (Å²) in [6.07, 6.45) is 1.98. The number of aromatic nitrogens is 2. The van der Waals surface area contributed by atoms with Crippen LogP contribution in [0.3, 0.4) is 0 Å². The van der Waals surface area contributed by atoms with Crippen LogP contribution < -0.4 is 5.69 Å². The molecule has 0 aliphatic carbocycles. The normalized spacial score (nSPS) is 26.6. The van der Waals surface area contributed by atoms with Crippen LogP contribution in [0, 0.1) is 4.64 Å². The second-order valence-corrected chi connectivity index (χ2v) is 4.08. The Balaban J connectivity index is 2.41. The molecule has 2 atom stereocenters. The highest BCUT2D eigenvalue weighted by molar-refractivity contribution is 7.71. The number of H-pyrrole nitrogens is 1. The first kappa shape index (κ1) is 9.89. The van der Waals surface area contributed by atoms with Gasteiger partial charge >= 0.3 is 5.69 Å². The Bertz CT molecular complexity index is 441. The minimum atomic E-state index is -0.379. The number of nitrogens with one attached hydrogen (secondary N) is 1. The molecule has 1 aromatic heterocycles. The maximum absolute atomic E-state index is 11.5. The third kappa shape index (κ3) is 1.75. The summed E-state index contributed by atoms with van der Waals surface area (Å²) in [5.41, 5.74) is -0.282. The fourth-order valence-electron chi connectivity index (χ4n) is 1.43. The van der Waals surface area contributed by atoms with Gasteiger partial charge in [-0.1, -0.05) is 12.2 Å². The molecule has 2 rings (SSSR count). The van der Waals surface area contributed by atoms with E-state index in [0.29, 0.717) is 11.2 Å². The summed E-state index contributed by atoms with van der Waals surface area (Å²) in [4.78, 5) is 14.0. The first-order valence-electron chi connectivity index (χ1n) is 4.25. The number of ether oxygens (including phenoxy) is 1. The summed E-state index contributed by atoms with van der Waals surface area (Å²) in [6.45, 7) is 0.584. The summed E-state index contributed by atoms with van der Waals surface area (Å²) in [5, 5.41) is -0.155. The minimum Gasteiger partial charge on any atom is -0.356 e. The van der Waals surface area contributed by atoms with Gasteiger partial charge in [-0.15, -0.1) is 11.6 Å². The Hall–Kier alpha value is -0.650. The van der Waals surface area contributed by atoms with Crippen LogP contribution in [0.4, 0.5) is 0 Å². The standard InChI is InChI=1S/C8H9ClN2O2S/c9-5-2-4-13-7(5)11-3-1-6(14)10-8(11)12/h1,3,5,7H,2,4H2,(H,10,12,14)/t5-,7-/m1/s1. The molecule has 0 amide bonds. The van der Waals surface area contributed by atoms with E-state index in [9.17, 15) is 4.79 Å². The van der Waals surface area contributed by atoms with E-state index in [-0.39, 0.29) is 17.3 Å². The van der Waals surface area contributed by atoms with Crippen LogP contribution in [0.5, 0.6) is 0 Å². The molecule has 6 heteroatoms. The maximum Gasteiger partial charge on any atom is 0.328 e. The van der Waals surface area contributed by atoms with Crippen molar-refractivity contribution in [3.8, 4) is 0 Å². The number of alkyl halides is 1. The highest BCUT2D eigenvalue weighted by Crippen LogP contribution is 2.26. The lowest BCUT2D eigenvalue weighted by atomic mass is 10.3. The van der Waals surface area contributed by atoms with Crippen molar-refractivity contribution in [1.82, 2.24) is 9.55 Å². The molecule has 0 saturated carbocycles. The van der Waals surface area contributed by atoms with E-state index in [1.165, 1.54) is 4.57 Å². The molecule has 0 aromatic carbocycles. The van der Waals surface area contributed by atoms with Gasteiger partial charge in [0, 0.05) is 6.20 Å². The van der Waals surface area contributed by atoms with Crippen molar-refractivity contribution >= 4 is 23.8 Å². The zero-order valence-corrected chi connectivity index (χ0v) is 8.85. The van der Waals surface area contributed by atoms with Gasteiger partial charge in [-0.25, -0.2) is 4.79 Å². The SMILES string of the molecule is O=c1[nH]c(=S)ccn1[C@@H]1OCC[C@H]1Cl. The molecule has 14 heavy (non-hydrogen) atoms. The van der Waals surface area contributed by atoms with Gasteiger partial charge in [0.25, 0.3) is 0 Å². The molecule has 1 aromatic rings. The molecule has 4 nitrogen and oxygen atoms in total. The van der Waals surface area contributed by atoms with E-state index in [1.54, 1.807) is 12.3 Å². The monoisotopic (exact) mass is 232 g/mol. The number of hydrogen-bond donors (Lipinski definition) is 1. The first-order valence-corrected chi connectivity index (χ1v) is 5.10. The van der Waals surface area contributed by atoms with Gasteiger partial charge in [0.05, 0.1) is 12.0 Å². The molecule has 0 spiro atoms. The van der Waals surface area contributed by atoms with Crippen molar-refractivity contribution in [3.63, 3.8) is 0 Å². The van der Waals surface area contributed by atoms with Crippen LogP contribution >= 0.6 is 23.8 Å². The number of rotatable bonds is 1. The Kier molecular flexibility index (Phi) is 2.71. The predicted octanol–water partition coefficient (Wildman–Crippen LogP) is 1.43. The molecule has 1 aliphatic heterocycles. The van der Waals surface area contributed by atoms with Gasteiger partial charge in [-0.05, 0) is 12.5 Å². The lowest BCUT2D eigenvalue weighted by molar-refractivity contribution is 0.0543. The number of halogens is 1. The number of nitrogens with zero attached hydrogens (tertiary/aromatic N) is 1. The van der Waals surface area contributed by atoms with Crippen LogP contribution in [0.2, 0.25) is 0 Å². The highest BCUT2D eigenvalue weighted by atomic mass is 35.5. The van der Waals surface area contributed by atoms with E-state index >= 15 is 0 Å². The summed E-state index contributed by atoms with van der Waals surface area (Å²) in [6, 6.07) is 1.64. The van der Waals surface area contributed by atoms with Gasteiger partial charge in [-0.2, -0.15) is 0 Å². The maximum atomic E-state index is 11.5. The zero-order valence-electron chi connectivity index (χ0n) is 7.27. The first-order chi connectivity index (χ1) is 6.68. The molecular formula is C8H9ClN2O2S. The number of aromatic amines is 1. The van der Waals surface area contributed by atoms with E-state index in [4.69, 9.17) is 28.6 Å². The quantitative estimate of drug-likeness (QED) is 0.589. The number of hydrogen-bond acceptors (Lipinski definition) is 3. The fraction of sp³-hybridized carbons (Fsp3) is 0.500. The van der Waals surface area contributed by atoms with Crippen LogP contribution in [0.15, 0.2) is 17.1 Å². The van der Waals surface area contributed by atoms with Gasteiger partial charge in [0.1, 0.15) is 4.64 Å². The van der Waals surface area contributed by atoms with Gasteiger partial charge in [0.15, 0.2) is 6.23 Å². The Labute approximate surface area is 90.5 Å². The third-order valence-electron chi connectivity index (χ3n) is 2.12. The molecule has 1 aliphatic rings. The highest BCUT2D eigenvalue weighted by Gasteiger charge is 2.28. The topological polar surface area (TPSA) is 47.0 Å². The Morgan fingerprint density at radius 3 is 3.07 bits per heavy atom. The van der Waals surface area contributed by atoms with Crippen LogP contribution in [0.1, 0.15) is 12.6 Å². The molecule has 0 unspecified atom stereocenters. The average molecular weight is 233 g/mol. The molecular weight excluding hydrogens is 224 g/mol. The summed E-state index contributed by atoms with van der Waals surface area (Å²) < 4.78 is 7.19. The van der Waals surface area contributed by atoms with E-state index in [2.05, 4.69) is 4.98 Å². The second-order valence-electron chi connectivity index (χ2n) is 3.08.